The molecule has 0 fully saturated rings. The molecular weight excluding hydrogens is 241 g/mol. The lowest BCUT2D eigenvalue weighted by Crippen LogP contribution is -2.22. The summed E-state index contributed by atoms with van der Waals surface area (Å²) in [6, 6.07) is 3.44. The van der Waals surface area contributed by atoms with Gasteiger partial charge in [-0.25, -0.2) is 14.2 Å². The van der Waals surface area contributed by atoms with Gasteiger partial charge in [-0.15, -0.1) is 0 Å². The predicted molar refractivity (Wildman–Crippen MR) is 62.2 cm³/mol. The van der Waals surface area contributed by atoms with E-state index in [4.69, 9.17) is 5.11 Å². The van der Waals surface area contributed by atoms with Crippen LogP contribution in [0.2, 0.25) is 0 Å². The average Bonchev–Trinajstić information content (AvgIpc) is 2.35. The number of carboxylic acid groups (broad SMARTS) is 1. The number of amides is 1. The maximum absolute atomic E-state index is 13.5. The van der Waals surface area contributed by atoms with Crippen LogP contribution in [0.4, 0.5) is 4.39 Å². The molecule has 0 spiro atoms. The van der Waals surface area contributed by atoms with E-state index in [1.165, 1.54) is 32.4 Å². The normalized spacial score (nSPS) is 10.6. The number of hydroxylamine groups is 2. The molecule has 0 saturated heterocycles. The first-order chi connectivity index (χ1) is 8.45. The SMILES string of the molecule is CON(C)C(=O)C=Cc1ccc(C(=O)O)cc1F. The highest BCUT2D eigenvalue weighted by Crippen LogP contribution is 2.12. The van der Waals surface area contributed by atoms with Gasteiger partial charge in [0, 0.05) is 18.7 Å². The van der Waals surface area contributed by atoms with Crippen LogP contribution in [-0.2, 0) is 9.63 Å². The summed E-state index contributed by atoms with van der Waals surface area (Å²) in [7, 11) is 2.74. The topological polar surface area (TPSA) is 66.8 Å². The third-order valence-electron chi connectivity index (χ3n) is 2.24. The van der Waals surface area contributed by atoms with Gasteiger partial charge in [-0.1, -0.05) is 6.07 Å². The summed E-state index contributed by atoms with van der Waals surface area (Å²) in [5, 5.41) is 9.63. The van der Waals surface area contributed by atoms with E-state index in [1.807, 2.05) is 0 Å². The Morgan fingerprint density at radius 1 is 1.44 bits per heavy atom. The Balaban J connectivity index is 2.89. The van der Waals surface area contributed by atoms with Crippen LogP contribution in [0.25, 0.3) is 6.08 Å². The van der Waals surface area contributed by atoms with Crippen LogP contribution in [0.5, 0.6) is 0 Å². The lowest BCUT2D eigenvalue weighted by atomic mass is 10.1. The van der Waals surface area contributed by atoms with Gasteiger partial charge in [0.25, 0.3) is 5.91 Å². The van der Waals surface area contributed by atoms with Crippen molar-refractivity contribution in [3.05, 3.63) is 41.2 Å². The van der Waals surface area contributed by atoms with Crippen LogP contribution < -0.4 is 0 Å². The highest BCUT2D eigenvalue weighted by molar-refractivity contribution is 5.91. The molecule has 0 saturated carbocycles. The molecule has 0 bridgehead atoms. The fraction of sp³-hybridized carbons (Fsp3) is 0.167. The number of aromatic carboxylic acids is 1. The molecule has 1 aromatic carbocycles. The number of likely N-dealkylation sites (N-methyl/N-ethyl adjacent to an activating group) is 1. The molecule has 1 N–H and O–H groups in total. The van der Waals surface area contributed by atoms with Crippen molar-refractivity contribution in [2.75, 3.05) is 14.2 Å². The van der Waals surface area contributed by atoms with Crippen molar-refractivity contribution in [2.45, 2.75) is 0 Å². The fourth-order valence-corrected chi connectivity index (χ4v) is 1.15. The third-order valence-corrected chi connectivity index (χ3v) is 2.24. The van der Waals surface area contributed by atoms with Crippen molar-refractivity contribution in [2.24, 2.45) is 0 Å². The van der Waals surface area contributed by atoms with E-state index in [0.29, 0.717) is 0 Å². The van der Waals surface area contributed by atoms with E-state index in [1.54, 1.807) is 0 Å². The quantitative estimate of drug-likeness (QED) is 0.653. The number of carbonyl (C=O) groups is 2. The van der Waals surface area contributed by atoms with Crippen molar-refractivity contribution < 1.29 is 23.9 Å². The third kappa shape index (κ3) is 3.39. The summed E-state index contributed by atoms with van der Waals surface area (Å²) in [4.78, 5) is 26.6. The maximum Gasteiger partial charge on any atom is 0.335 e. The highest BCUT2D eigenvalue weighted by Gasteiger charge is 2.07. The zero-order valence-electron chi connectivity index (χ0n) is 9.88. The Hall–Kier alpha value is -2.21. The lowest BCUT2D eigenvalue weighted by Gasteiger charge is -2.10. The highest BCUT2D eigenvalue weighted by atomic mass is 19.1. The lowest BCUT2D eigenvalue weighted by molar-refractivity contribution is -0.162. The van der Waals surface area contributed by atoms with E-state index in [2.05, 4.69) is 4.84 Å². The van der Waals surface area contributed by atoms with E-state index >= 15 is 0 Å². The van der Waals surface area contributed by atoms with Gasteiger partial charge in [-0.2, -0.15) is 0 Å². The molecule has 6 heteroatoms. The molecule has 1 amide bonds. The number of rotatable bonds is 4. The van der Waals surface area contributed by atoms with Gasteiger partial charge in [-0.3, -0.25) is 9.63 Å². The van der Waals surface area contributed by atoms with E-state index < -0.39 is 17.7 Å². The van der Waals surface area contributed by atoms with Crippen LogP contribution in [0, 0.1) is 5.82 Å². The minimum absolute atomic E-state index is 0.123. The molecule has 0 unspecified atom stereocenters. The Labute approximate surface area is 103 Å². The van der Waals surface area contributed by atoms with Crippen LogP contribution in [0.1, 0.15) is 15.9 Å². The molecule has 1 aromatic rings. The smallest absolute Gasteiger partial charge is 0.335 e. The van der Waals surface area contributed by atoms with Gasteiger partial charge in [0.2, 0.25) is 0 Å². The summed E-state index contributed by atoms with van der Waals surface area (Å²) in [6.45, 7) is 0. The number of benzene rings is 1. The Kier molecular flexibility index (Phi) is 4.56. The molecule has 5 nitrogen and oxygen atoms in total. The van der Waals surface area contributed by atoms with Gasteiger partial charge in [0.05, 0.1) is 12.7 Å². The molecule has 0 radical (unpaired) electrons. The molecule has 0 aliphatic rings. The van der Waals surface area contributed by atoms with Crippen LogP contribution in [0.15, 0.2) is 24.3 Å². The summed E-state index contributed by atoms with van der Waals surface area (Å²) in [6.07, 6.45) is 2.38. The molecule has 1 rings (SSSR count). The molecule has 96 valence electrons. The molecule has 0 aliphatic heterocycles. The first-order valence-corrected chi connectivity index (χ1v) is 4.98. The maximum atomic E-state index is 13.5. The standard InChI is InChI=1S/C12H12FNO4/c1-14(18-2)11(15)6-5-8-3-4-9(12(16)17)7-10(8)13/h3-7H,1-2H3,(H,16,17). The van der Waals surface area contributed by atoms with Gasteiger partial charge < -0.3 is 5.11 Å². The summed E-state index contributed by atoms with van der Waals surface area (Å²) in [5.74, 6) is -2.38. The number of carbonyl (C=O) groups excluding carboxylic acids is 1. The number of halogens is 1. The van der Waals surface area contributed by atoms with Crippen molar-refractivity contribution in [3.63, 3.8) is 0 Å². The number of hydrogen-bond acceptors (Lipinski definition) is 3. The minimum atomic E-state index is -1.21. The Morgan fingerprint density at radius 2 is 2.11 bits per heavy atom. The largest absolute Gasteiger partial charge is 0.478 e. The van der Waals surface area contributed by atoms with E-state index in [0.717, 1.165) is 17.2 Å². The first kappa shape index (κ1) is 13.9. The van der Waals surface area contributed by atoms with Crippen molar-refractivity contribution >= 4 is 18.0 Å². The van der Waals surface area contributed by atoms with Crippen molar-refractivity contribution in [1.29, 1.82) is 0 Å². The van der Waals surface area contributed by atoms with Crippen molar-refractivity contribution in [1.82, 2.24) is 5.06 Å². The van der Waals surface area contributed by atoms with Crippen molar-refractivity contribution in [3.8, 4) is 0 Å². The van der Waals surface area contributed by atoms with Gasteiger partial charge in [0.15, 0.2) is 0 Å². The molecule has 18 heavy (non-hydrogen) atoms. The Bertz CT molecular complexity index is 499. The molecule has 0 aromatic heterocycles. The van der Waals surface area contributed by atoms with E-state index in [9.17, 15) is 14.0 Å². The van der Waals surface area contributed by atoms with Gasteiger partial charge in [0.1, 0.15) is 5.82 Å². The average molecular weight is 253 g/mol. The van der Waals surface area contributed by atoms with Crippen LogP contribution in [-0.4, -0.2) is 36.2 Å². The second kappa shape index (κ2) is 5.92. The van der Waals surface area contributed by atoms with Gasteiger partial charge in [-0.05, 0) is 18.2 Å². The zero-order valence-corrected chi connectivity index (χ0v) is 9.88. The predicted octanol–water partition coefficient (Wildman–Crippen LogP) is 1.56. The molecule has 0 aliphatic carbocycles. The van der Waals surface area contributed by atoms with Crippen LogP contribution >= 0.6 is 0 Å². The number of hydrogen-bond donors (Lipinski definition) is 1. The number of nitrogens with zero attached hydrogens (tertiary/aromatic N) is 1. The molecule has 0 heterocycles. The summed E-state index contributed by atoms with van der Waals surface area (Å²) < 4.78 is 13.5. The summed E-state index contributed by atoms with van der Waals surface area (Å²) >= 11 is 0. The second-order valence-corrected chi connectivity index (χ2v) is 3.39. The fourth-order valence-electron chi connectivity index (χ4n) is 1.15. The molecular formula is C12H12FNO4. The summed E-state index contributed by atoms with van der Waals surface area (Å²) in [5.41, 5.74) is -0.0251. The van der Waals surface area contributed by atoms with Crippen LogP contribution in [0.3, 0.4) is 0 Å². The van der Waals surface area contributed by atoms with Gasteiger partial charge >= 0.3 is 5.97 Å². The second-order valence-electron chi connectivity index (χ2n) is 3.39. The molecule has 0 atom stereocenters. The van der Waals surface area contributed by atoms with E-state index in [-0.39, 0.29) is 11.1 Å². The minimum Gasteiger partial charge on any atom is -0.478 e. The Morgan fingerprint density at radius 3 is 2.61 bits per heavy atom. The number of carboxylic acids is 1. The zero-order chi connectivity index (χ0) is 13.7. The first-order valence-electron chi connectivity index (χ1n) is 4.98. The monoisotopic (exact) mass is 253 g/mol.